The fourth-order valence-electron chi connectivity index (χ4n) is 1.62. The molecule has 2 aromatic rings. The molecule has 1 aromatic heterocycles. The molecule has 6 heteroatoms. The van der Waals surface area contributed by atoms with Crippen LogP contribution in [-0.2, 0) is 0 Å². The zero-order chi connectivity index (χ0) is 12.3. The molecule has 0 bridgehead atoms. The minimum atomic E-state index is -0.0825. The Morgan fingerprint density at radius 1 is 1.35 bits per heavy atom. The smallest absolute Gasteiger partial charge is 0.118 e. The zero-order valence-corrected chi connectivity index (χ0v) is 10.5. The number of nitrogens with two attached hydrogens (primary N) is 1. The summed E-state index contributed by atoms with van der Waals surface area (Å²) in [5.74, 6) is 6.43. The van der Waals surface area contributed by atoms with Crippen molar-refractivity contribution in [2.75, 3.05) is 7.11 Å². The number of methoxy groups -OCH3 is 1. The van der Waals surface area contributed by atoms with Crippen LogP contribution in [0, 0.1) is 6.92 Å². The van der Waals surface area contributed by atoms with E-state index < -0.39 is 0 Å². The third-order valence-electron chi connectivity index (χ3n) is 2.56. The molecule has 90 valence electrons. The number of benzene rings is 1. The summed E-state index contributed by atoms with van der Waals surface area (Å²) >= 11 is 1.35. The van der Waals surface area contributed by atoms with Crippen molar-refractivity contribution >= 4 is 11.5 Å². The Kier molecular flexibility index (Phi) is 3.68. The average molecular weight is 250 g/mol. The number of rotatable bonds is 4. The monoisotopic (exact) mass is 250 g/mol. The molecule has 0 fully saturated rings. The first kappa shape index (κ1) is 12.0. The van der Waals surface area contributed by atoms with Gasteiger partial charge in [0, 0.05) is 0 Å². The molecule has 0 amide bonds. The summed E-state index contributed by atoms with van der Waals surface area (Å²) < 4.78 is 9.04. The van der Waals surface area contributed by atoms with Crippen LogP contribution in [0.15, 0.2) is 24.3 Å². The van der Waals surface area contributed by atoms with Gasteiger partial charge in [-0.15, -0.1) is 5.10 Å². The lowest BCUT2D eigenvalue weighted by molar-refractivity contribution is 0.414. The number of nitrogens with zero attached hydrogens (tertiary/aromatic N) is 2. The van der Waals surface area contributed by atoms with Gasteiger partial charge < -0.3 is 4.74 Å². The predicted molar refractivity (Wildman–Crippen MR) is 66.8 cm³/mol. The highest BCUT2D eigenvalue weighted by molar-refractivity contribution is 7.05. The summed E-state index contributed by atoms with van der Waals surface area (Å²) in [6.45, 7) is 1.92. The summed E-state index contributed by atoms with van der Waals surface area (Å²) in [6, 6.07) is 7.68. The molecule has 1 aromatic carbocycles. The average Bonchev–Trinajstić information content (AvgIpc) is 2.78. The van der Waals surface area contributed by atoms with Crippen molar-refractivity contribution in [1.82, 2.24) is 15.0 Å². The van der Waals surface area contributed by atoms with E-state index in [0.29, 0.717) is 0 Å². The van der Waals surface area contributed by atoms with Gasteiger partial charge in [-0.2, -0.15) is 0 Å². The Balaban J connectivity index is 2.32. The molecule has 0 spiro atoms. The molecular formula is C11H14N4OS. The highest BCUT2D eigenvalue weighted by Crippen LogP contribution is 2.27. The van der Waals surface area contributed by atoms with Gasteiger partial charge in [0.05, 0.1) is 23.7 Å². The summed E-state index contributed by atoms with van der Waals surface area (Å²) in [4.78, 5) is 1.03. The minimum Gasteiger partial charge on any atom is -0.497 e. The Labute approximate surface area is 104 Å². The first-order chi connectivity index (χ1) is 8.26. The van der Waals surface area contributed by atoms with Crippen molar-refractivity contribution < 1.29 is 4.74 Å². The number of hydrogen-bond acceptors (Lipinski definition) is 6. The maximum Gasteiger partial charge on any atom is 0.118 e. The van der Waals surface area contributed by atoms with E-state index in [1.54, 1.807) is 7.11 Å². The van der Waals surface area contributed by atoms with Crippen molar-refractivity contribution in [1.29, 1.82) is 0 Å². The number of aromatic nitrogens is 2. The third kappa shape index (κ3) is 2.44. The topological polar surface area (TPSA) is 73.1 Å². The van der Waals surface area contributed by atoms with E-state index in [2.05, 4.69) is 15.0 Å². The van der Waals surface area contributed by atoms with Gasteiger partial charge in [0.15, 0.2) is 0 Å². The number of nitrogens with one attached hydrogen (secondary N) is 1. The van der Waals surface area contributed by atoms with Crippen molar-refractivity contribution in [3.8, 4) is 5.75 Å². The van der Waals surface area contributed by atoms with Crippen LogP contribution >= 0.6 is 11.5 Å². The number of ether oxygens (including phenoxy) is 1. The maximum absolute atomic E-state index is 5.61. The highest BCUT2D eigenvalue weighted by atomic mass is 32.1. The zero-order valence-electron chi connectivity index (χ0n) is 9.68. The Bertz CT molecular complexity index is 482. The SMILES string of the molecule is COc1ccc(C(NN)c2snnc2C)cc1. The lowest BCUT2D eigenvalue weighted by Gasteiger charge is -2.15. The van der Waals surface area contributed by atoms with Gasteiger partial charge in [0.2, 0.25) is 0 Å². The van der Waals surface area contributed by atoms with Gasteiger partial charge in [0.1, 0.15) is 5.75 Å². The van der Waals surface area contributed by atoms with Crippen molar-refractivity contribution in [3.05, 3.63) is 40.4 Å². The quantitative estimate of drug-likeness (QED) is 0.634. The van der Waals surface area contributed by atoms with E-state index in [1.807, 2.05) is 31.2 Å². The molecule has 0 radical (unpaired) electrons. The molecule has 1 unspecified atom stereocenters. The molecule has 0 aliphatic rings. The van der Waals surface area contributed by atoms with Crippen LogP contribution in [0.25, 0.3) is 0 Å². The van der Waals surface area contributed by atoms with Crippen molar-refractivity contribution in [2.24, 2.45) is 5.84 Å². The van der Waals surface area contributed by atoms with Crippen molar-refractivity contribution in [3.63, 3.8) is 0 Å². The molecule has 0 aliphatic carbocycles. The van der Waals surface area contributed by atoms with Crippen LogP contribution in [0.4, 0.5) is 0 Å². The van der Waals surface area contributed by atoms with Crippen LogP contribution in [0.5, 0.6) is 5.75 Å². The lowest BCUT2D eigenvalue weighted by atomic mass is 10.1. The number of aryl methyl sites for hydroxylation is 1. The Morgan fingerprint density at radius 2 is 2.06 bits per heavy atom. The second kappa shape index (κ2) is 5.22. The summed E-state index contributed by atoms with van der Waals surface area (Å²) in [5, 5.41) is 3.99. The standard InChI is InChI=1S/C11H14N4OS/c1-7-11(17-15-14-7)10(13-12)8-3-5-9(16-2)6-4-8/h3-6,10,13H,12H2,1-2H3. The second-order valence-electron chi connectivity index (χ2n) is 3.60. The van der Waals surface area contributed by atoms with Crippen LogP contribution in [0.1, 0.15) is 22.2 Å². The van der Waals surface area contributed by atoms with E-state index in [-0.39, 0.29) is 6.04 Å². The summed E-state index contributed by atoms with van der Waals surface area (Å²) in [6.07, 6.45) is 0. The maximum atomic E-state index is 5.61. The van der Waals surface area contributed by atoms with Gasteiger partial charge in [-0.3, -0.25) is 5.84 Å². The molecule has 3 N–H and O–H groups in total. The number of hydrazine groups is 1. The fourth-order valence-corrected chi connectivity index (χ4v) is 2.36. The van der Waals surface area contributed by atoms with Crippen LogP contribution in [-0.4, -0.2) is 16.7 Å². The van der Waals surface area contributed by atoms with Crippen LogP contribution in [0.2, 0.25) is 0 Å². The Hall–Kier alpha value is -1.50. The first-order valence-electron chi connectivity index (χ1n) is 5.15. The van der Waals surface area contributed by atoms with Crippen LogP contribution < -0.4 is 16.0 Å². The molecule has 0 saturated heterocycles. The largest absolute Gasteiger partial charge is 0.497 e. The second-order valence-corrected chi connectivity index (χ2v) is 4.38. The highest BCUT2D eigenvalue weighted by Gasteiger charge is 2.17. The van der Waals surface area contributed by atoms with Gasteiger partial charge >= 0.3 is 0 Å². The van der Waals surface area contributed by atoms with Gasteiger partial charge in [0.25, 0.3) is 0 Å². The van der Waals surface area contributed by atoms with Gasteiger partial charge in [-0.1, -0.05) is 16.6 Å². The first-order valence-corrected chi connectivity index (χ1v) is 5.92. The van der Waals surface area contributed by atoms with E-state index in [0.717, 1.165) is 21.9 Å². The third-order valence-corrected chi connectivity index (χ3v) is 3.46. The predicted octanol–water partition coefficient (Wildman–Crippen LogP) is 1.41. The van der Waals surface area contributed by atoms with E-state index in [4.69, 9.17) is 10.6 Å². The molecule has 1 heterocycles. The molecule has 0 aliphatic heterocycles. The fraction of sp³-hybridized carbons (Fsp3) is 0.273. The number of hydrogen-bond donors (Lipinski definition) is 2. The molecule has 17 heavy (non-hydrogen) atoms. The van der Waals surface area contributed by atoms with E-state index in [1.165, 1.54) is 11.5 Å². The van der Waals surface area contributed by atoms with Crippen molar-refractivity contribution in [2.45, 2.75) is 13.0 Å². The van der Waals surface area contributed by atoms with Crippen LogP contribution in [0.3, 0.4) is 0 Å². The molecule has 1 atom stereocenters. The Morgan fingerprint density at radius 3 is 2.53 bits per heavy atom. The van der Waals surface area contributed by atoms with E-state index >= 15 is 0 Å². The summed E-state index contributed by atoms with van der Waals surface area (Å²) in [5.41, 5.74) is 4.74. The minimum absolute atomic E-state index is 0.0825. The molecular weight excluding hydrogens is 236 g/mol. The summed E-state index contributed by atoms with van der Waals surface area (Å²) in [7, 11) is 1.64. The lowest BCUT2D eigenvalue weighted by Crippen LogP contribution is -2.28. The molecule has 0 saturated carbocycles. The molecule has 5 nitrogen and oxygen atoms in total. The van der Waals surface area contributed by atoms with E-state index in [9.17, 15) is 0 Å². The normalized spacial score (nSPS) is 12.4. The van der Waals surface area contributed by atoms with Gasteiger partial charge in [-0.05, 0) is 36.2 Å². The van der Waals surface area contributed by atoms with Gasteiger partial charge in [-0.25, -0.2) is 5.43 Å². The molecule has 2 rings (SSSR count).